The summed E-state index contributed by atoms with van der Waals surface area (Å²) >= 11 is 1.77. The van der Waals surface area contributed by atoms with Gasteiger partial charge in [-0.1, -0.05) is 84.9 Å². The molecule has 0 aliphatic rings. The summed E-state index contributed by atoms with van der Waals surface area (Å²) in [6.07, 6.45) is 0. The van der Waals surface area contributed by atoms with Crippen molar-refractivity contribution in [1.82, 2.24) is 0 Å². The molecule has 0 bridgehead atoms. The highest BCUT2D eigenvalue weighted by molar-refractivity contribution is 7.14. The third kappa shape index (κ3) is 3.91. The Bertz CT molecular complexity index is 1240. The van der Waals surface area contributed by atoms with E-state index >= 15 is 0 Å². The average molecular weight is 405 g/mol. The molecule has 0 amide bonds. The summed E-state index contributed by atoms with van der Waals surface area (Å²) in [4.78, 5) is 1.23. The third-order valence-electron chi connectivity index (χ3n) is 5.03. The monoisotopic (exact) mass is 404 g/mol. The molecule has 1 aromatic heterocycles. The zero-order valence-electron chi connectivity index (χ0n) is 16.4. The predicted octanol–water partition coefficient (Wildman–Crippen LogP) is 8.54. The van der Waals surface area contributed by atoms with Crippen LogP contribution in [0.3, 0.4) is 0 Å². The minimum Gasteiger partial charge on any atom is -0.457 e. The lowest BCUT2D eigenvalue weighted by atomic mass is 9.97. The lowest BCUT2D eigenvalue weighted by molar-refractivity contribution is 0.483. The highest BCUT2D eigenvalue weighted by atomic mass is 32.1. The van der Waals surface area contributed by atoms with Crippen molar-refractivity contribution < 1.29 is 4.74 Å². The molecule has 0 aliphatic carbocycles. The summed E-state index contributed by atoms with van der Waals surface area (Å²) in [6.45, 7) is 0. The van der Waals surface area contributed by atoms with Gasteiger partial charge in [0.05, 0.1) is 0 Å². The number of rotatable bonds is 5. The molecule has 4 aromatic carbocycles. The van der Waals surface area contributed by atoms with Crippen LogP contribution < -0.4 is 4.74 Å². The lowest BCUT2D eigenvalue weighted by Crippen LogP contribution is -1.88. The smallest absolute Gasteiger partial charge is 0.128 e. The van der Waals surface area contributed by atoms with E-state index in [1.54, 1.807) is 11.3 Å². The van der Waals surface area contributed by atoms with E-state index in [1.165, 1.54) is 32.7 Å². The number of ether oxygens (including phenoxy) is 1. The van der Waals surface area contributed by atoms with Crippen molar-refractivity contribution in [3.63, 3.8) is 0 Å². The van der Waals surface area contributed by atoms with Crippen LogP contribution in [0, 0.1) is 0 Å². The van der Waals surface area contributed by atoms with E-state index in [1.807, 2.05) is 36.4 Å². The summed E-state index contributed by atoms with van der Waals surface area (Å²) in [5, 5.41) is 2.23. The van der Waals surface area contributed by atoms with E-state index < -0.39 is 0 Å². The molecule has 0 spiro atoms. The van der Waals surface area contributed by atoms with Crippen LogP contribution >= 0.6 is 11.3 Å². The van der Waals surface area contributed by atoms with E-state index in [2.05, 4.69) is 84.2 Å². The molecular formula is C28H20OS. The van der Waals surface area contributed by atoms with Crippen LogP contribution in [0.5, 0.6) is 11.5 Å². The maximum Gasteiger partial charge on any atom is 0.128 e. The van der Waals surface area contributed by atoms with E-state index in [4.69, 9.17) is 4.74 Å². The quantitative estimate of drug-likeness (QED) is 0.285. The van der Waals surface area contributed by atoms with Gasteiger partial charge in [0.2, 0.25) is 0 Å². The minimum absolute atomic E-state index is 0.838. The van der Waals surface area contributed by atoms with Crippen molar-refractivity contribution >= 4 is 11.3 Å². The first-order chi connectivity index (χ1) is 14.9. The van der Waals surface area contributed by atoms with Gasteiger partial charge in [0.25, 0.3) is 0 Å². The molecule has 0 aliphatic heterocycles. The van der Waals surface area contributed by atoms with Crippen molar-refractivity contribution in [2.75, 3.05) is 0 Å². The Morgan fingerprint density at radius 2 is 1.10 bits per heavy atom. The summed E-state index contributed by atoms with van der Waals surface area (Å²) in [5.74, 6) is 1.68. The fourth-order valence-electron chi connectivity index (χ4n) is 3.54. The standard InChI is InChI=1S/C28H20OS/c1-4-10-21(11-5-1)23-18-28(30-20-23)27-19-25(29-24-14-8-3-9-15-24)16-17-26(27)22-12-6-2-7-13-22/h1-20H. The summed E-state index contributed by atoms with van der Waals surface area (Å²) in [5.41, 5.74) is 6.06. The highest BCUT2D eigenvalue weighted by Gasteiger charge is 2.13. The van der Waals surface area contributed by atoms with Gasteiger partial charge in [-0.15, -0.1) is 11.3 Å². The number of benzene rings is 4. The second-order valence-corrected chi connectivity index (χ2v) is 7.97. The fourth-order valence-corrected chi connectivity index (χ4v) is 4.49. The van der Waals surface area contributed by atoms with Crippen molar-refractivity contribution in [1.29, 1.82) is 0 Å². The number of para-hydroxylation sites is 1. The van der Waals surface area contributed by atoms with Crippen LogP contribution in [0.2, 0.25) is 0 Å². The molecule has 5 aromatic rings. The molecule has 0 fully saturated rings. The molecule has 1 heterocycles. The Morgan fingerprint density at radius 3 is 1.80 bits per heavy atom. The van der Waals surface area contributed by atoms with Crippen LogP contribution in [0.25, 0.3) is 32.7 Å². The van der Waals surface area contributed by atoms with Gasteiger partial charge in [-0.2, -0.15) is 0 Å². The van der Waals surface area contributed by atoms with E-state index in [0.717, 1.165) is 11.5 Å². The van der Waals surface area contributed by atoms with Gasteiger partial charge in [-0.25, -0.2) is 0 Å². The first-order valence-electron chi connectivity index (χ1n) is 9.93. The van der Waals surface area contributed by atoms with Gasteiger partial charge in [0.15, 0.2) is 0 Å². The Labute approximate surface area is 180 Å². The summed E-state index contributed by atoms with van der Waals surface area (Å²) in [6, 6.07) is 39.6. The van der Waals surface area contributed by atoms with Gasteiger partial charge in [-0.05, 0) is 58.0 Å². The second kappa shape index (κ2) is 8.40. The normalized spacial score (nSPS) is 10.7. The molecule has 0 atom stereocenters. The lowest BCUT2D eigenvalue weighted by Gasteiger charge is -2.12. The Kier molecular flexibility index (Phi) is 5.15. The topological polar surface area (TPSA) is 9.23 Å². The van der Waals surface area contributed by atoms with Crippen molar-refractivity contribution in [3.05, 3.63) is 121 Å². The molecule has 1 nitrogen and oxygen atoms in total. The second-order valence-electron chi connectivity index (χ2n) is 7.05. The Balaban J connectivity index is 1.59. The largest absolute Gasteiger partial charge is 0.457 e. The molecule has 0 N–H and O–H groups in total. The first kappa shape index (κ1) is 18.4. The maximum atomic E-state index is 6.13. The zero-order valence-corrected chi connectivity index (χ0v) is 17.2. The van der Waals surface area contributed by atoms with Gasteiger partial charge < -0.3 is 4.74 Å². The van der Waals surface area contributed by atoms with E-state index in [0.29, 0.717) is 0 Å². The third-order valence-corrected chi connectivity index (χ3v) is 5.99. The first-order valence-corrected chi connectivity index (χ1v) is 10.8. The molecule has 2 heteroatoms. The minimum atomic E-state index is 0.838. The summed E-state index contributed by atoms with van der Waals surface area (Å²) in [7, 11) is 0. The number of thiophene rings is 1. The molecule has 0 radical (unpaired) electrons. The number of hydrogen-bond donors (Lipinski definition) is 0. The van der Waals surface area contributed by atoms with Crippen LogP contribution in [-0.4, -0.2) is 0 Å². The van der Waals surface area contributed by atoms with Crippen LogP contribution in [0.4, 0.5) is 0 Å². The predicted molar refractivity (Wildman–Crippen MR) is 127 cm³/mol. The van der Waals surface area contributed by atoms with Crippen molar-refractivity contribution in [2.24, 2.45) is 0 Å². The van der Waals surface area contributed by atoms with Gasteiger partial charge in [0, 0.05) is 10.4 Å². The molecule has 0 saturated heterocycles. The molecule has 144 valence electrons. The molecule has 5 rings (SSSR count). The van der Waals surface area contributed by atoms with Crippen LogP contribution in [0.1, 0.15) is 0 Å². The maximum absolute atomic E-state index is 6.13. The molecule has 30 heavy (non-hydrogen) atoms. The summed E-state index contributed by atoms with van der Waals surface area (Å²) < 4.78 is 6.13. The highest BCUT2D eigenvalue weighted by Crippen LogP contribution is 2.40. The van der Waals surface area contributed by atoms with Crippen molar-refractivity contribution in [3.8, 4) is 44.2 Å². The Morgan fingerprint density at radius 1 is 0.467 bits per heavy atom. The fraction of sp³-hybridized carbons (Fsp3) is 0. The van der Waals surface area contributed by atoms with E-state index in [-0.39, 0.29) is 0 Å². The van der Waals surface area contributed by atoms with Crippen molar-refractivity contribution in [2.45, 2.75) is 0 Å². The molecule has 0 saturated carbocycles. The average Bonchev–Trinajstić information content (AvgIpc) is 3.31. The van der Waals surface area contributed by atoms with Gasteiger partial charge in [-0.3, -0.25) is 0 Å². The van der Waals surface area contributed by atoms with Gasteiger partial charge in [0.1, 0.15) is 11.5 Å². The Hall–Kier alpha value is -3.62. The zero-order chi connectivity index (χ0) is 20.2. The number of hydrogen-bond acceptors (Lipinski definition) is 2. The van der Waals surface area contributed by atoms with Gasteiger partial charge >= 0.3 is 0 Å². The van der Waals surface area contributed by atoms with Crippen LogP contribution in [0.15, 0.2) is 121 Å². The molecule has 0 unspecified atom stereocenters. The molecular weight excluding hydrogens is 384 g/mol. The SMILES string of the molecule is c1ccc(Oc2ccc(-c3ccccc3)c(-c3cc(-c4ccccc4)cs3)c2)cc1. The van der Waals surface area contributed by atoms with Crippen LogP contribution in [-0.2, 0) is 0 Å². The van der Waals surface area contributed by atoms with E-state index in [9.17, 15) is 0 Å².